The number of carbonyl (C=O) groups is 1. The quantitative estimate of drug-likeness (QED) is 0.0876. The molecule has 0 amide bonds. The molecule has 0 aliphatic carbocycles. The van der Waals surface area contributed by atoms with Crippen LogP contribution >= 0.6 is 0 Å². The van der Waals surface area contributed by atoms with Crippen LogP contribution in [0.25, 0.3) is 0 Å². The van der Waals surface area contributed by atoms with Gasteiger partial charge in [-0.3, -0.25) is 4.79 Å². The van der Waals surface area contributed by atoms with Gasteiger partial charge in [0.1, 0.15) is 0 Å². The van der Waals surface area contributed by atoms with Crippen molar-refractivity contribution in [3.63, 3.8) is 0 Å². The van der Waals surface area contributed by atoms with Crippen molar-refractivity contribution in [2.75, 3.05) is 0 Å². The highest BCUT2D eigenvalue weighted by atomic mass is 127. The Morgan fingerprint density at radius 2 is 1.19 bits per heavy atom. The fraction of sp³-hybridized carbons (Fsp3) is 0.679. The number of rotatable bonds is 20. The molecule has 0 aliphatic heterocycles. The van der Waals surface area contributed by atoms with Crippen LogP contribution in [0, 0.1) is 3.57 Å². The minimum absolute atomic E-state index is 0.195. The van der Waals surface area contributed by atoms with Gasteiger partial charge in [-0.2, -0.15) is 0 Å². The second kappa shape index (κ2) is 21.0. The van der Waals surface area contributed by atoms with Crippen LogP contribution in [0.1, 0.15) is 123 Å². The Morgan fingerprint density at radius 1 is 0.742 bits per heavy atom. The van der Waals surface area contributed by atoms with Crippen LogP contribution in [0.5, 0.6) is 0 Å². The monoisotopic (exact) mass is 541 g/mol. The van der Waals surface area contributed by atoms with E-state index in [1.54, 1.807) is 0 Å². The van der Waals surface area contributed by atoms with Crippen molar-refractivity contribution in [3.8, 4) is 0 Å². The molecular formula is C28H46IO2+. The van der Waals surface area contributed by atoms with Gasteiger partial charge in [-0.1, -0.05) is 121 Å². The van der Waals surface area contributed by atoms with Crippen LogP contribution < -0.4 is 21.2 Å². The Hall–Kier alpha value is -0.840. The number of carbonyl (C=O) groups excluding carboxylic acids is 1. The van der Waals surface area contributed by atoms with E-state index in [9.17, 15) is 4.79 Å². The summed E-state index contributed by atoms with van der Waals surface area (Å²) in [7, 11) is 0. The summed E-state index contributed by atoms with van der Waals surface area (Å²) >= 11 is -0.231. The molecule has 0 N–H and O–H groups in total. The maximum atomic E-state index is 11.4. The normalized spacial score (nSPS) is 11.6. The molecule has 0 spiro atoms. The van der Waals surface area contributed by atoms with Gasteiger partial charge in [-0.05, 0) is 18.6 Å². The fourth-order valence-electron chi connectivity index (χ4n) is 3.77. The Kier molecular flexibility index (Phi) is 19.1. The van der Waals surface area contributed by atoms with Crippen molar-refractivity contribution >= 4 is 5.97 Å². The number of halogens is 1. The van der Waals surface area contributed by atoms with Gasteiger partial charge >= 0.3 is 27.2 Å². The van der Waals surface area contributed by atoms with E-state index < -0.39 is 0 Å². The van der Waals surface area contributed by atoms with Crippen molar-refractivity contribution in [1.82, 2.24) is 0 Å². The number of esters is 1. The van der Waals surface area contributed by atoms with Crippen molar-refractivity contribution in [3.05, 3.63) is 43.7 Å². The van der Waals surface area contributed by atoms with Gasteiger partial charge in [0, 0.05) is 13.3 Å². The van der Waals surface area contributed by atoms with Crippen molar-refractivity contribution in [2.45, 2.75) is 123 Å². The third-order valence-corrected chi connectivity index (χ3v) is 8.03. The summed E-state index contributed by atoms with van der Waals surface area (Å²) in [5.74, 6) is 0.689. The second-order valence-corrected chi connectivity index (χ2v) is 11.1. The van der Waals surface area contributed by atoms with E-state index in [2.05, 4.69) is 35.3 Å². The van der Waals surface area contributed by atoms with E-state index in [1.807, 2.05) is 6.07 Å². The minimum Gasteiger partial charge on any atom is -0.427 e. The van der Waals surface area contributed by atoms with Crippen molar-refractivity contribution in [2.24, 2.45) is 0 Å². The molecule has 0 saturated carbocycles. The lowest BCUT2D eigenvalue weighted by molar-refractivity contribution is -0.558. The van der Waals surface area contributed by atoms with E-state index in [0.29, 0.717) is 0 Å². The summed E-state index contributed by atoms with van der Waals surface area (Å²) < 4.78 is 8.99. The summed E-state index contributed by atoms with van der Waals surface area (Å²) in [5, 5.41) is 0. The molecule has 0 heterocycles. The SMILES string of the molecule is CCCCCCCCCCCCCCCCCC/C(=C/[I+]c1ccccc1)OC(C)=O. The molecule has 1 aromatic rings. The van der Waals surface area contributed by atoms with Crippen LogP contribution in [-0.4, -0.2) is 5.97 Å². The van der Waals surface area contributed by atoms with Gasteiger partial charge in [-0.15, -0.1) is 0 Å². The molecule has 0 saturated heterocycles. The third kappa shape index (κ3) is 18.4. The zero-order valence-corrected chi connectivity index (χ0v) is 22.3. The van der Waals surface area contributed by atoms with Gasteiger partial charge in [0.2, 0.25) is 0 Å². The first-order chi connectivity index (χ1) is 15.2. The Balaban J connectivity index is 1.97. The number of ether oxygens (including phenoxy) is 1. The molecule has 1 aromatic carbocycles. The van der Waals surface area contributed by atoms with Gasteiger partial charge in [-0.25, -0.2) is 0 Å². The summed E-state index contributed by atoms with van der Waals surface area (Å²) in [5.41, 5.74) is 0. The average molecular weight is 542 g/mol. The van der Waals surface area contributed by atoms with Gasteiger partial charge in [0.25, 0.3) is 0 Å². The lowest BCUT2D eigenvalue weighted by atomic mass is 10.0. The molecule has 2 nitrogen and oxygen atoms in total. The van der Waals surface area contributed by atoms with Crippen LogP contribution in [0.3, 0.4) is 0 Å². The third-order valence-electron chi connectivity index (χ3n) is 5.59. The molecule has 31 heavy (non-hydrogen) atoms. The smallest absolute Gasteiger partial charge is 0.353 e. The predicted molar refractivity (Wildman–Crippen MR) is 129 cm³/mol. The maximum Gasteiger partial charge on any atom is 0.353 e. The molecule has 0 fully saturated rings. The van der Waals surface area contributed by atoms with Crippen LogP contribution in [0.2, 0.25) is 0 Å². The van der Waals surface area contributed by atoms with E-state index in [1.165, 1.54) is 107 Å². The highest BCUT2D eigenvalue weighted by Crippen LogP contribution is 2.15. The highest BCUT2D eigenvalue weighted by molar-refractivity contribution is 5.67. The molecule has 0 atom stereocenters. The molecule has 1 rings (SSSR count). The lowest BCUT2D eigenvalue weighted by Gasteiger charge is -2.05. The molecular weight excluding hydrogens is 495 g/mol. The molecule has 0 aromatic heterocycles. The van der Waals surface area contributed by atoms with E-state index >= 15 is 0 Å². The van der Waals surface area contributed by atoms with Gasteiger partial charge in [0.15, 0.2) is 13.4 Å². The first-order valence-electron chi connectivity index (χ1n) is 12.8. The number of hydrogen-bond donors (Lipinski definition) is 0. The zero-order chi connectivity index (χ0) is 22.4. The predicted octanol–water partition coefficient (Wildman–Crippen LogP) is 6.00. The number of unbranched alkanes of at least 4 members (excludes halogenated alkanes) is 15. The summed E-state index contributed by atoms with van der Waals surface area (Å²) in [6, 6.07) is 10.5. The standard InChI is InChI=1S/C28H46IO2/c1-3-4-5-6-7-8-9-10-11-12-13-14-15-16-17-21-24-28(31-26(2)30)25-29-27-22-19-18-20-23-27/h18-20,22-23,25H,3-17,21,24H2,1-2H3/q+1/b28-25-. The molecule has 0 radical (unpaired) electrons. The highest BCUT2D eigenvalue weighted by Gasteiger charge is 2.12. The Labute approximate surface area is 202 Å². The van der Waals surface area contributed by atoms with Crippen LogP contribution in [-0.2, 0) is 9.53 Å². The van der Waals surface area contributed by atoms with E-state index in [0.717, 1.165) is 18.6 Å². The molecule has 0 aliphatic rings. The van der Waals surface area contributed by atoms with Gasteiger partial charge in [0.05, 0.1) is 0 Å². The van der Waals surface area contributed by atoms with Crippen molar-refractivity contribution in [1.29, 1.82) is 0 Å². The minimum atomic E-state index is -0.231. The fourth-order valence-corrected chi connectivity index (χ4v) is 5.75. The number of benzene rings is 1. The van der Waals surface area contributed by atoms with Crippen molar-refractivity contribution < 1.29 is 30.7 Å². The van der Waals surface area contributed by atoms with Gasteiger partial charge < -0.3 is 4.74 Å². The summed E-state index contributed by atoms with van der Waals surface area (Å²) in [4.78, 5) is 11.4. The number of allylic oxidation sites excluding steroid dienone is 1. The molecule has 3 heteroatoms. The van der Waals surface area contributed by atoms with E-state index in [-0.39, 0.29) is 27.2 Å². The average Bonchev–Trinajstić information content (AvgIpc) is 2.77. The largest absolute Gasteiger partial charge is 0.427 e. The zero-order valence-electron chi connectivity index (χ0n) is 20.2. The topological polar surface area (TPSA) is 26.3 Å². The molecule has 0 unspecified atom stereocenters. The second-order valence-electron chi connectivity index (χ2n) is 8.63. The van der Waals surface area contributed by atoms with Crippen LogP contribution in [0.4, 0.5) is 0 Å². The van der Waals surface area contributed by atoms with E-state index in [4.69, 9.17) is 4.74 Å². The first-order valence-corrected chi connectivity index (χ1v) is 15.1. The first kappa shape index (κ1) is 28.2. The summed E-state index contributed by atoms with van der Waals surface area (Å²) in [6.45, 7) is 3.79. The summed E-state index contributed by atoms with van der Waals surface area (Å²) in [6.07, 6.45) is 22.9. The molecule has 176 valence electrons. The Bertz CT molecular complexity index is 568. The molecule has 0 bridgehead atoms. The lowest BCUT2D eigenvalue weighted by Crippen LogP contribution is -3.59. The number of hydrogen-bond acceptors (Lipinski definition) is 2. The Morgan fingerprint density at radius 3 is 1.65 bits per heavy atom. The maximum absolute atomic E-state index is 11.4. The van der Waals surface area contributed by atoms with Crippen LogP contribution in [0.15, 0.2) is 40.2 Å².